The van der Waals surface area contributed by atoms with Gasteiger partial charge in [0.15, 0.2) is 0 Å². The molecule has 18 heavy (non-hydrogen) atoms. The van der Waals surface area contributed by atoms with Crippen LogP contribution in [0.15, 0.2) is 0 Å². The maximum Gasteiger partial charge on any atom is 0.0672 e. The van der Waals surface area contributed by atoms with E-state index in [0.717, 1.165) is 26.0 Å². The van der Waals surface area contributed by atoms with Gasteiger partial charge in [-0.05, 0) is 26.2 Å². The average molecular weight is 252 g/mol. The van der Waals surface area contributed by atoms with Gasteiger partial charge in [-0.15, -0.1) is 0 Å². The van der Waals surface area contributed by atoms with Gasteiger partial charge in [0.05, 0.1) is 18.6 Å². The first kappa shape index (κ1) is 15.5. The summed E-state index contributed by atoms with van der Waals surface area (Å²) in [6.07, 6.45) is 7.15. The molecule has 1 aliphatic carbocycles. The Labute approximate surface area is 112 Å². The van der Waals surface area contributed by atoms with Crippen LogP contribution < -0.4 is 0 Å². The molecule has 0 spiro atoms. The topological polar surface area (TPSA) is 36.3 Å². The van der Waals surface area contributed by atoms with Crippen LogP contribution in [0.3, 0.4) is 0 Å². The van der Waals surface area contributed by atoms with E-state index in [0.29, 0.717) is 12.1 Å². The van der Waals surface area contributed by atoms with Crippen LogP contribution in [-0.2, 0) is 4.74 Å². The molecule has 0 amide bonds. The summed E-state index contributed by atoms with van der Waals surface area (Å²) in [7, 11) is 1.75. The van der Waals surface area contributed by atoms with Crippen LogP contribution in [0.1, 0.15) is 52.4 Å². The molecular formula is C15H28N2O. The quantitative estimate of drug-likeness (QED) is 0.681. The molecule has 3 nitrogen and oxygen atoms in total. The van der Waals surface area contributed by atoms with Gasteiger partial charge >= 0.3 is 0 Å². The van der Waals surface area contributed by atoms with E-state index in [1.807, 2.05) is 0 Å². The van der Waals surface area contributed by atoms with Crippen molar-refractivity contribution in [2.24, 2.45) is 5.92 Å². The average Bonchev–Trinajstić information content (AvgIpc) is 2.64. The van der Waals surface area contributed by atoms with E-state index in [1.54, 1.807) is 7.11 Å². The predicted molar refractivity (Wildman–Crippen MR) is 74.3 cm³/mol. The summed E-state index contributed by atoms with van der Waals surface area (Å²) in [5.74, 6) is 0.207. The van der Waals surface area contributed by atoms with Crippen LogP contribution >= 0.6 is 0 Å². The number of ether oxygens (including phenoxy) is 1. The Kier molecular flexibility index (Phi) is 7.31. The van der Waals surface area contributed by atoms with E-state index in [2.05, 4.69) is 24.8 Å². The predicted octanol–water partition coefficient (Wildman–Crippen LogP) is 3.21. The number of hydrogen-bond acceptors (Lipinski definition) is 3. The summed E-state index contributed by atoms with van der Waals surface area (Å²) in [6, 6.07) is 3.52. The highest BCUT2D eigenvalue weighted by molar-refractivity contribution is 4.95. The van der Waals surface area contributed by atoms with Crippen molar-refractivity contribution in [1.29, 1.82) is 5.26 Å². The molecule has 0 bridgehead atoms. The molecule has 0 aliphatic heterocycles. The van der Waals surface area contributed by atoms with Crippen LogP contribution in [0.4, 0.5) is 0 Å². The third-order valence-corrected chi connectivity index (χ3v) is 4.28. The molecule has 0 heterocycles. The second kappa shape index (κ2) is 8.50. The highest BCUT2D eigenvalue weighted by atomic mass is 16.5. The zero-order valence-corrected chi connectivity index (χ0v) is 12.2. The number of rotatable bonds is 6. The molecule has 3 unspecified atom stereocenters. The van der Waals surface area contributed by atoms with Crippen molar-refractivity contribution in [1.82, 2.24) is 4.90 Å². The highest BCUT2D eigenvalue weighted by Crippen LogP contribution is 2.28. The van der Waals surface area contributed by atoms with E-state index < -0.39 is 0 Å². The van der Waals surface area contributed by atoms with Crippen molar-refractivity contribution in [3.05, 3.63) is 0 Å². The second-order valence-corrected chi connectivity index (χ2v) is 5.43. The molecule has 1 aliphatic rings. The first-order chi connectivity index (χ1) is 8.74. The third-order valence-electron chi connectivity index (χ3n) is 4.28. The van der Waals surface area contributed by atoms with Gasteiger partial charge in [0.1, 0.15) is 0 Å². The summed E-state index contributed by atoms with van der Waals surface area (Å²) in [4.78, 5) is 2.52. The van der Waals surface area contributed by atoms with Gasteiger partial charge in [-0.2, -0.15) is 5.26 Å². The maximum absolute atomic E-state index is 9.41. The fourth-order valence-electron chi connectivity index (χ4n) is 2.98. The molecule has 0 aromatic rings. The lowest BCUT2D eigenvalue weighted by Crippen LogP contribution is -2.46. The van der Waals surface area contributed by atoms with Crippen molar-refractivity contribution >= 4 is 0 Å². The lowest BCUT2D eigenvalue weighted by Gasteiger charge is -2.37. The van der Waals surface area contributed by atoms with Crippen molar-refractivity contribution in [2.45, 2.75) is 64.5 Å². The van der Waals surface area contributed by atoms with Crippen LogP contribution in [0.25, 0.3) is 0 Å². The van der Waals surface area contributed by atoms with E-state index in [-0.39, 0.29) is 5.92 Å². The van der Waals surface area contributed by atoms with E-state index in [4.69, 9.17) is 4.74 Å². The summed E-state index contributed by atoms with van der Waals surface area (Å²) in [6.45, 7) is 6.21. The van der Waals surface area contributed by atoms with E-state index in [9.17, 15) is 5.26 Å². The van der Waals surface area contributed by atoms with E-state index in [1.165, 1.54) is 25.7 Å². The first-order valence-electron chi connectivity index (χ1n) is 7.38. The number of methoxy groups -OCH3 is 1. The van der Waals surface area contributed by atoms with Gasteiger partial charge in [-0.25, -0.2) is 0 Å². The molecule has 0 aromatic heterocycles. The molecule has 104 valence electrons. The fraction of sp³-hybridized carbons (Fsp3) is 0.933. The van der Waals surface area contributed by atoms with Crippen molar-refractivity contribution < 1.29 is 4.74 Å². The second-order valence-electron chi connectivity index (χ2n) is 5.43. The van der Waals surface area contributed by atoms with Gasteiger partial charge in [-0.1, -0.05) is 26.2 Å². The Morgan fingerprint density at radius 2 is 2.06 bits per heavy atom. The summed E-state index contributed by atoms with van der Waals surface area (Å²) in [5.41, 5.74) is 0. The largest absolute Gasteiger partial charge is 0.383 e. The van der Waals surface area contributed by atoms with Gasteiger partial charge < -0.3 is 4.74 Å². The van der Waals surface area contributed by atoms with Gasteiger partial charge in [0, 0.05) is 25.7 Å². The molecule has 0 N–H and O–H groups in total. The Bertz CT molecular complexity index is 262. The van der Waals surface area contributed by atoms with Gasteiger partial charge in [-0.3, -0.25) is 4.90 Å². The van der Waals surface area contributed by atoms with Crippen LogP contribution in [0.2, 0.25) is 0 Å². The Balaban J connectivity index is 2.75. The smallest absolute Gasteiger partial charge is 0.0672 e. The van der Waals surface area contributed by atoms with Gasteiger partial charge in [0.2, 0.25) is 0 Å². The molecule has 3 atom stereocenters. The highest BCUT2D eigenvalue weighted by Gasteiger charge is 2.30. The standard InChI is InChI=1S/C15H28N2O/c1-4-13(2)17(10-11-18-3)15-9-7-5-6-8-14(15)12-16/h13-15H,4-11H2,1-3H3. The normalized spacial score (nSPS) is 26.6. The number of nitrogens with zero attached hydrogens (tertiary/aromatic N) is 2. The lowest BCUT2D eigenvalue weighted by atomic mass is 9.93. The molecule has 0 saturated heterocycles. The molecule has 3 heteroatoms. The Morgan fingerprint density at radius 1 is 1.33 bits per heavy atom. The van der Waals surface area contributed by atoms with Crippen molar-refractivity contribution in [3.63, 3.8) is 0 Å². The number of nitriles is 1. The minimum absolute atomic E-state index is 0.207. The zero-order valence-electron chi connectivity index (χ0n) is 12.2. The number of hydrogen-bond donors (Lipinski definition) is 0. The molecule has 0 aromatic carbocycles. The SMILES string of the molecule is CCC(C)N(CCOC)C1CCCCCC1C#N. The molecular weight excluding hydrogens is 224 g/mol. The summed E-state index contributed by atoms with van der Waals surface area (Å²) in [5, 5.41) is 9.41. The van der Waals surface area contributed by atoms with E-state index >= 15 is 0 Å². The van der Waals surface area contributed by atoms with Crippen LogP contribution in [0, 0.1) is 17.2 Å². The van der Waals surface area contributed by atoms with Crippen molar-refractivity contribution in [2.75, 3.05) is 20.3 Å². The maximum atomic E-state index is 9.41. The van der Waals surface area contributed by atoms with Crippen LogP contribution in [0.5, 0.6) is 0 Å². The summed E-state index contributed by atoms with van der Waals surface area (Å²) >= 11 is 0. The molecule has 1 fully saturated rings. The minimum Gasteiger partial charge on any atom is -0.383 e. The Hall–Kier alpha value is -0.590. The third kappa shape index (κ3) is 4.26. The molecule has 1 saturated carbocycles. The van der Waals surface area contributed by atoms with Crippen molar-refractivity contribution in [3.8, 4) is 6.07 Å². The van der Waals surface area contributed by atoms with Gasteiger partial charge in [0.25, 0.3) is 0 Å². The fourth-order valence-corrected chi connectivity index (χ4v) is 2.98. The monoisotopic (exact) mass is 252 g/mol. The lowest BCUT2D eigenvalue weighted by molar-refractivity contribution is 0.0683. The minimum atomic E-state index is 0.207. The summed E-state index contributed by atoms with van der Waals surface area (Å²) < 4.78 is 5.23. The Morgan fingerprint density at radius 3 is 2.67 bits per heavy atom. The molecule has 1 rings (SSSR count). The first-order valence-corrected chi connectivity index (χ1v) is 7.38. The zero-order chi connectivity index (χ0) is 13.4. The molecule has 0 radical (unpaired) electrons. The van der Waals surface area contributed by atoms with Crippen LogP contribution in [-0.4, -0.2) is 37.2 Å².